The Balaban J connectivity index is 1.85. The Kier molecular flexibility index (Phi) is 4.68. The maximum absolute atomic E-state index is 8.80. The number of hydrogen-bond donors (Lipinski definition) is 0. The highest BCUT2D eigenvalue weighted by Crippen LogP contribution is 2.26. The molecule has 2 aromatic heterocycles. The van der Waals surface area contributed by atoms with Gasteiger partial charge in [0.05, 0.1) is 24.6 Å². The highest BCUT2D eigenvalue weighted by atomic mass is 32.2. The number of aromatic nitrogens is 3. The quantitative estimate of drug-likeness (QED) is 0.790. The molecular formula is C15H19N5OS. The lowest BCUT2D eigenvalue weighted by Crippen LogP contribution is -2.35. The third kappa shape index (κ3) is 3.28. The van der Waals surface area contributed by atoms with Crippen molar-refractivity contribution >= 4 is 17.7 Å². The monoisotopic (exact) mass is 317 g/mol. The van der Waals surface area contributed by atoms with Crippen molar-refractivity contribution in [2.24, 2.45) is 5.92 Å². The zero-order valence-electron chi connectivity index (χ0n) is 12.6. The maximum Gasteiger partial charge on any atom is 0.228 e. The van der Waals surface area contributed by atoms with E-state index < -0.39 is 0 Å². The standard InChI is InChI=1S/C15H19N5OS/c1-12-4-7-19(8-5-12)14-17-18-15(22-10-6-16)20(14)11-13-3-2-9-21-13/h2-3,9,12H,4-5,7-8,10-11H2,1H3. The van der Waals surface area contributed by atoms with Gasteiger partial charge in [0.25, 0.3) is 0 Å². The molecule has 2 aromatic rings. The van der Waals surface area contributed by atoms with Gasteiger partial charge in [-0.05, 0) is 30.9 Å². The van der Waals surface area contributed by atoms with Gasteiger partial charge in [-0.3, -0.25) is 4.57 Å². The van der Waals surface area contributed by atoms with Gasteiger partial charge in [0, 0.05) is 13.1 Å². The van der Waals surface area contributed by atoms with E-state index in [0.29, 0.717) is 12.3 Å². The average Bonchev–Trinajstić information content (AvgIpc) is 3.17. The smallest absolute Gasteiger partial charge is 0.228 e. The molecule has 1 saturated heterocycles. The maximum atomic E-state index is 8.80. The summed E-state index contributed by atoms with van der Waals surface area (Å²) in [5.41, 5.74) is 0. The third-order valence-corrected chi connectivity index (χ3v) is 4.76. The summed E-state index contributed by atoms with van der Waals surface area (Å²) in [7, 11) is 0. The molecule has 1 aliphatic rings. The van der Waals surface area contributed by atoms with Crippen molar-refractivity contribution in [3.8, 4) is 6.07 Å². The number of nitriles is 1. The molecule has 116 valence electrons. The van der Waals surface area contributed by atoms with E-state index in [1.54, 1.807) is 6.26 Å². The zero-order chi connectivity index (χ0) is 15.4. The van der Waals surface area contributed by atoms with Gasteiger partial charge in [-0.1, -0.05) is 18.7 Å². The number of piperidine rings is 1. The summed E-state index contributed by atoms with van der Waals surface area (Å²) in [4.78, 5) is 2.28. The van der Waals surface area contributed by atoms with Crippen LogP contribution in [0.3, 0.4) is 0 Å². The van der Waals surface area contributed by atoms with Crippen LogP contribution >= 0.6 is 11.8 Å². The number of nitrogens with zero attached hydrogens (tertiary/aromatic N) is 5. The Labute approximate surface area is 134 Å². The fourth-order valence-corrected chi connectivity index (χ4v) is 3.22. The molecule has 22 heavy (non-hydrogen) atoms. The summed E-state index contributed by atoms with van der Waals surface area (Å²) in [6, 6.07) is 5.97. The van der Waals surface area contributed by atoms with Gasteiger partial charge in [-0.2, -0.15) is 5.26 Å². The van der Waals surface area contributed by atoms with Crippen LogP contribution in [0.25, 0.3) is 0 Å². The second-order valence-electron chi connectivity index (χ2n) is 5.56. The normalized spacial score (nSPS) is 15.9. The Morgan fingerprint density at radius 2 is 2.23 bits per heavy atom. The molecule has 0 spiro atoms. The summed E-state index contributed by atoms with van der Waals surface area (Å²) in [6.07, 6.45) is 4.02. The minimum Gasteiger partial charge on any atom is -0.467 e. The van der Waals surface area contributed by atoms with Crippen LogP contribution in [0.2, 0.25) is 0 Å². The Bertz CT molecular complexity index is 637. The molecule has 0 radical (unpaired) electrons. The first kappa shape index (κ1) is 15.0. The van der Waals surface area contributed by atoms with E-state index in [1.807, 2.05) is 12.1 Å². The van der Waals surface area contributed by atoms with Crippen molar-refractivity contribution in [1.29, 1.82) is 5.26 Å². The number of thioether (sulfide) groups is 1. The zero-order valence-corrected chi connectivity index (χ0v) is 13.4. The van der Waals surface area contributed by atoms with Crippen molar-refractivity contribution in [2.45, 2.75) is 31.5 Å². The Morgan fingerprint density at radius 1 is 1.41 bits per heavy atom. The van der Waals surface area contributed by atoms with E-state index in [-0.39, 0.29) is 0 Å². The largest absolute Gasteiger partial charge is 0.467 e. The molecule has 1 fully saturated rings. The molecule has 1 aliphatic heterocycles. The first-order valence-corrected chi connectivity index (χ1v) is 8.46. The van der Waals surface area contributed by atoms with Crippen LogP contribution < -0.4 is 4.90 Å². The van der Waals surface area contributed by atoms with E-state index >= 15 is 0 Å². The fraction of sp³-hybridized carbons (Fsp3) is 0.533. The minimum absolute atomic E-state index is 0.368. The van der Waals surface area contributed by atoms with Crippen molar-refractivity contribution < 1.29 is 4.42 Å². The van der Waals surface area contributed by atoms with Gasteiger partial charge in [0.2, 0.25) is 5.95 Å². The Hall–Kier alpha value is -1.94. The predicted molar refractivity (Wildman–Crippen MR) is 84.8 cm³/mol. The third-order valence-electron chi connectivity index (χ3n) is 3.92. The summed E-state index contributed by atoms with van der Waals surface area (Å²) in [5.74, 6) is 2.88. The van der Waals surface area contributed by atoms with Crippen LogP contribution in [0, 0.1) is 17.2 Å². The van der Waals surface area contributed by atoms with E-state index in [9.17, 15) is 0 Å². The van der Waals surface area contributed by atoms with Crippen LogP contribution in [0.5, 0.6) is 0 Å². The van der Waals surface area contributed by atoms with Crippen molar-refractivity contribution in [3.05, 3.63) is 24.2 Å². The van der Waals surface area contributed by atoms with Crippen molar-refractivity contribution in [3.63, 3.8) is 0 Å². The van der Waals surface area contributed by atoms with Crippen LogP contribution in [0.1, 0.15) is 25.5 Å². The minimum atomic E-state index is 0.368. The molecule has 7 heteroatoms. The average molecular weight is 317 g/mol. The van der Waals surface area contributed by atoms with E-state index in [2.05, 4.69) is 32.7 Å². The van der Waals surface area contributed by atoms with Gasteiger partial charge in [-0.15, -0.1) is 10.2 Å². The summed E-state index contributed by atoms with van der Waals surface area (Å²) in [5, 5.41) is 18.2. The van der Waals surface area contributed by atoms with Crippen molar-refractivity contribution in [2.75, 3.05) is 23.7 Å². The van der Waals surface area contributed by atoms with Gasteiger partial charge in [-0.25, -0.2) is 0 Å². The van der Waals surface area contributed by atoms with Crippen LogP contribution in [0.4, 0.5) is 5.95 Å². The molecule has 0 amide bonds. The van der Waals surface area contributed by atoms with Crippen molar-refractivity contribution in [1.82, 2.24) is 14.8 Å². The van der Waals surface area contributed by atoms with Crippen LogP contribution in [-0.4, -0.2) is 33.6 Å². The molecule has 0 aliphatic carbocycles. The molecule has 0 N–H and O–H groups in total. The van der Waals surface area contributed by atoms with E-state index in [1.165, 1.54) is 24.6 Å². The van der Waals surface area contributed by atoms with Crippen LogP contribution in [0.15, 0.2) is 28.0 Å². The number of rotatable bonds is 5. The van der Waals surface area contributed by atoms with Gasteiger partial charge >= 0.3 is 0 Å². The lowest BCUT2D eigenvalue weighted by Gasteiger charge is -2.31. The van der Waals surface area contributed by atoms with E-state index in [0.717, 1.165) is 35.9 Å². The van der Waals surface area contributed by atoms with Crippen LogP contribution in [-0.2, 0) is 6.54 Å². The molecule has 0 atom stereocenters. The van der Waals surface area contributed by atoms with E-state index in [4.69, 9.17) is 9.68 Å². The van der Waals surface area contributed by atoms with Gasteiger partial charge in [0.15, 0.2) is 5.16 Å². The number of anilines is 1. The molecule has 0 saturated carbocycles. The molecule has 0 aromatic carbocycles. The lowest BCUT2D eigenvalue weighted by molar-refractivity contribution is 0.427. The number of hydrogen-bond acceptors (Lipinski definition) is 6. The topological polar surface area (TPSA) is 70.9 Å². The Morgan fingerprint density at radius 3 is 2.91 bits per heavy atom. The second-order valence-corrected chi connectivity index (χ2v) is 6.51. The lowest BCUT2D eigenvalue weighted by atomic mass is 10.00. The summed E-state index contributed by atoms with van der Waals surface area (Å²) >= 11 is 1.41. The fourth-order valence-electron chi connectivity index (χ4n) is 2.62. The highest BCUT2D eigenvalue weighted by Gasteiger charge is 2.23. The predicted octanol–water partition coefficient (Wildman–Crippen LogP) is 2.77. The number of furan rings is 1. The SMILES string of the molecule is CC1CCN(c2nnc(SCC#N)n2Cc2ccco2)CC1. The first-order chi connectivity index (χ1) is 10.8. The first-order valence-electron chi connectivity index (χ1n) is 7.48. The molecule has 0 bridgehead atoms. The molecule has 0 unspecified atom stereocenters. The second kappa shape index (κ2) is 6.88. The van der Waals surface area contributed by atoms with Gasteiger partial charge < -0.3 is 9.32 Å². The van der Waals surface area contributed by atoms with Gasteiger partial charge in [0.1, 0.15) is 5.76 Å². The molecule has 3 rings (SSSR count). The molecule has 3 heterocycles. The molecular weight excluding hydrogens is 298 g/mol. The summed E-state index contributed by atoms with van der Waals surface area (Å²) in [6.45, 7) is 4.88. The molecule has 6 nitrogen and oxygen atoms in total. The highest BCUT2D eigenvalue weighted by molar-refractivity contribution is 7.99. The summed E-state index contributed by atoms with van der Waals surface area (Å²) < 4.78 is 7.51.